The standard InChI is InChI=1S/C19H25N5OS/c20-18(22-13-14-25-15-17-5-2-1-3-6-17)24-19(26)23-10-4-7-16-8-11-21-12-9-16/h1-3,5-6,8-9,11-12H,4,7,10,13-15H2,(H4,20,22,23,24,26). The van der Waals surface area contributed by atoms with Crippen LogP contribution in [0.5, 0.6) is 0 Å². The van der Waals surface area contributed by atoms with Crippen LogP contribution >= 0.6 is 12.2 Å². The fraction of sp³-hybridized carbons (Fsp3) is 0.316. The maximum absolute atomic E-state index is 5.81. The van der Waals surface area contributed by atoms with Crippen molar-refractivity contribution in [3.05, 3.63) is 66.0 Å². The van der Waals surface area contributed by atoms with E-state index >= 15 is 0 Å². The molecule has 0 bridgehead atoms. The number of pyridine rings is 1. The molecule has 0 saturated heterocycles. The first-order valence-electron chi connectivity index (χ1n) is 8.59. The zero-order valence-corrected chi connectivity index (χ0v) is 15.5. The van der Waals surface area contributed by atoms with Crippen LogP contribution in [0.1, 0.15) is 17.5 Å². The smallest absolute Gasteiger partial charge is 0.194 e. The highest BCUT2D eigenvalue weighted by Gasteiger charge is 1.98. The Labute approximate surface area is 159 Å². The lowest BCUT2D eigenvalue weighted by Crippen LogP contribution is -2.43. The number of aryl methyl sites for hydroxylation is 1. The summed E-state index contributed by atoms with van der Waals surface area (Å²) >= 11 is 5.20. The molecule has 0 aliphatic heterocycles. The van der Waals surface area contributed by atoms with Crippen molar-refractivity contribution in [3.8, 4) is 0 Å². The van der Waals surface area contributed by atoms with Gasteiger partial charge in [0.25, 0.3) is 0 Å². The maximum Gasteiger partial charge on any atom is 0.194 e. The summed E-state index contributed by atoms with van der Waals surface area (Å²) in [6.07, 6.45) is 5.54. The molecule has 0 spiro atoms. The molecule has 0 aliphatic carbocycles. The second kappa shape index (κ2) is 11.9. The van der Waals surface area contributed by atoms with Crippen molar-refractivity contribution in [2.45, 2.75) is 19.4 Å². The largest absolute Gasteiger partial charge is 0.375 e. The maximum atomic E-state index is 5.81. The SMILES string of the molecule is NC(=NCCOCc1ccccc1)NC(=S)NCCCc1ccncc1. The van der Waals surface area contributed by atoms with Crippen LogP contribution in [0.2, 0.25) is 0 Å². The third kappa shape index (κ3) is 8.55. The molecular formula is C19H25N5OS. The van der Waals surface area contributed by atoms with E-state index in [1.54, 1.807) is 12.4 Å². The number of ether oxygens (including phenoxy) is 1. The van der Waals surface area contributed by atoms with Crippen LogP contribution in [-0.4, -0.2) is 35.8 Å². The van der Waals surface area contributed by atoms with Gasteiger partial charge in [0.1, 0.15) is 0 Å². The fourth-order valence-corrected chi connectivity index (χ4v) is 2.45. The highest BCUT2D eigenvalue weighted by atomic mass is 32.1. The Kier molecular flexibility index (Phi) is 9.10. The molecule has 1 aromatic heterocycles. The Morgan fingerprint density at radius 2 is 1.88 bits per heavy atom. The number of nitrogens with two attached hydrogens (primary N) is 1. The predicted molar refractivity (Wildman–Crippen MR) is 109 cm³/mol. The summed E-state index contributed by atoms with van der Waals surface area (Å²) < 4.78 is 5.55. The predicted octanol–water partition coefficient (Wildman–Crippen LogP) is 2.01. The van der Waals surface area contributed by atoms with E-state index in [9.17, 15) is 0 Å². The molecule has 26 heavy (non-hydrogen) atoms. The van der Waals surface area contributed by atoms with Crippen LogP contribution < -0.4 is 16.4 Å². The van der Waals surface area contributed by atoms with E-state index in [0.29, 0.717) is 30.8 Å². The van der Waals surface area contributed by atoms with Gasteiger partial charge in [0.05, 0.1) is 19.8 Å². The second-order valence-corrected chi connectivity index (χ2v) is 6.05. The Morgan fingerprint density at radius 3 is 2.65 bits per heavy atom. The monoisotopic (exact) mass is 371 g/mol. The van der Waals surface area contributed by atoms with Gasteiger partial charge in [0, 0.05) is 18.9 Å². The number of guanidine groups is 1. The molecule has 2 rings (SSSR count). The van der Waals surface area contributed by atoms with Crippen LogP contribution in [0, 0.1) is 0 Å². The van der Waals surface area contributed by atoms with Gasteiger partial charge in [0.2, 0.25) is 0 Å². The molecule has 7 heteroatoms. The first-order valence-corrected chi connectivity index (χ1v) is 9.00. The number of nitrogens with zero attached hydrogens (tertiary/aromatic N) is 2. The summed E-state index contributed by atoms with van der Waals surface area (Å²) in [5, 5.41) is 6.47. The number of hydrogen-bond donors (Lipinski definition) is 3. The van der Waals surface area contributed by atoms with Crippen molar-refractivity contribution in [3.63, 3.8) is 0 Å². The summed E-state index contributed by atoms with van der Waals surface area (Å²) in [6, 6.07) is 14.0. The Hall–Kier alpha value is -2.51. The van der Waals surface area contributed by atoms with E-state index in [-0.39, 0.29) is 0 Å². The van der Waals surface area contributed by atoms with Gasteiger partial charge in [-0.1, -0.05) is 30.3 Å². The van der Waals surface area contributed by atoms with Crippen molar-refractivity contribution in [2.75, 3.05) is 19.7 Å². The summed E-state index contributed by atoms with van der Waals surface area (Å²) in [4.78, 5) is 8.20. The van der Waals surface area contributed by atoms with E-state index in [1.807, 2.05) is 42.5 Å². The quantitative estimate of drug-likeness (QED) is 0.271. The summed E-state index contributed by atoms with van der Waals surface area (Å²) in [5.74, 6) is 0.292. The highest BCUT2D eigenvalue weighted by molar-refractivity contribution is 7.80. The average molecular weight is 372 g/mol. The number of aliphatic imine (C=N–C) groups is 1. The Morgan fingerprint density at radius 1 is 1.12 bits per heavy atom. The molecule has 1 aromatic carbocycles. The van der Waals surface area contributed by atoms with E-state index in [4.69, 9.17) is 22.7 Å². The summed E-state index contributed by atoms with van der Waals surface area (Å²) in [7, 11) is 0. The zero-order valence-electron chi connectivity index (χ0n) is 14.7. The average Bonchev–Trinajstić information content (AvgIpc) is 2.66. The zero-order chi connectivity index (χ0) is 18.5. The van der Waals surface area contributed by atoms with E-state index < -0.39 is 0 Å². The summed E-state index contributed by atoms with van der Waals surface area (Å²) in [5.41, 5.74) is 8.21. The van der Waals surface area contributed by atoms with Gasteiger partial charge in [-0.3, -0.25) is 9.98 Å². The van der Waals surface area contributed by atoms with Crippen molar-refractivity contribution >= 4 is 23.3 Å². The van der Waals surface area contributed by atoms with Crippen LogP contribution in [0.25, 0.3) is 0 Å². The minimum absolute atomic E-state index is 0.292. The van der Waals surface area contributed by atoms with Gasteiger partial charge < -0.3 is 21.1 Å². The van der Waals surface area contributed by atoms with Gasteiger partial charge in [-0.15, -0.1) is 0 Å². The number of benzene rings is 1. The molecule has 0 unspecified atom stereocenters. The minimum Gasteiger partial charge on any atom is -0.375 e. The third-order valence-electron chi connectivity index (χ3n) is 3.55. The van der Waals surface area contributed by atoms with Crippen molar-refractivity contribution in [1.29, 1.82) is 0 Å². The van der Waals surface area contributed by atoms with Crippen LogP contribution in [0.15, 0.2) is 59.9 Å². The Balaban J connectivity index is 1.52. The van der Waals surface area contributed by atoms with Gasteiger partial charge in [0.15, 0.2) is 11.1 Å². The van der Waals surface area contributed by atoms with E-state index in [1.165, 1.54) is 5.56 Å². The highest BCUT2D eigenvalue weighted by Crippen LogP contribution is 2.00. The molecule has 6 nitrogen and oxygen atoms in total. The van der Waals surface area contributed by atoms with E-state index in [2.05, 4.69) is 20.6 Å². The van der Waals surface area contributed by atoms with E-state index in [0.717, 1.165) is 24.9 Å². The lowest BCUT2D eigenvalue weighted by molar-refractivity contribution is 0.128. The molecule has 0 amide bonds. The molecule has 0 atom stereocenters. The Bertz CT molecular complexity index is 679. The molecule has 0 fully saturated rings. The van der Waals surface area contributed by atoms with Crippen molar-refractivity contribution in [1.82, 2.24) is 15.6 Å². The molecule has 0 aliphatic rings. The van der Waals surface area contributed by atoms with Crippen LogP contribution in [-0.2, 0) is 17.8 Å². The topological polar surface area (TPSA) is 84.6 Å². The van der Waals surface area contributed by atoms with Crippen molar-refractivity contribution < 1.29 is 4.74 Å². The molecule has 2 aromatic rings. The molecule has 4 N–H and O–H groups in total. The normalized spacial score (nSPS) is 11.2. The minimum atomic E-state index is 0.292. The number of thiocarbonyl (C=S) groups is 1. The van der Waals surface area contributed by atoms with Gasteiger partial charge >= 0.3 is 0 Å². The number of hydrogen-bond acceptors (Lipinski definition) is 4. The number of aromatic nitrogens is 1. The first-order chi connectivity index (χ1) is 12.7. The third-order valence-corrected chi connectivity index (χ3v) is 3.79. The lowest BCUT2D eigenvalue weighted by atomic mass is 10.1. The molecule has 138 valence electrons. The number of rotatable bonds is 9. The van der Waals surface area contributed by atoms with Gasteiger partial charge in [-0.2, -0.15) is 0 Å². The van der Waals surface area contributed by atoms with Gasteiger partial charge in [-0.05, 0) is 48.3 Å². The molecule has 1 heterocycles. The fourth-order valence-electron chi connectivity index (χ4n) is 2.24. The molecular weight excluding hydrogens is 346 g/mol. The summed E-state index contributed by atoms with van der Waals surface area (Å²) in [6.45, 7) is 2.32. The molecule has 0 radical (unpaired) electrons. The first kappa shape index (κ1) is 19.8. The lowest BCUT2D eigenvalue weighted by Gasteiger charge is -2.10. The number of nitrogens with one attached hydrogen (secondary N) is 2. The second-order valence-electron chi connectivity index (χ2n) is 5.65. The van der Waals surface area contributed by atoms with Crippen molar-refractivity contribution in [2.24, 2.45) is 10.7 Å². The van der Waals surface area contributed by atoms with Crippen LogP contribution in [0.4, 0.5) is 0 Å². The van der Waals surface area contributed by atoms with Crippen LogP contribution in [0.3, 0.4) is 0 Å². The molecule has 0 saturated carbocycles. The van der Waals surface area contributed by atoms with Gasteiger partial charge in [-0.25, -0.2) is 0 Å².